The molecule has 1 N–H and O–H groups in total. The molecule has 3 aromatic rings. The monoisotopic (exact) mass is 329 g/mol. The molecule has 0 radical (unpaired) electrons. The van der Waals surface area contributed by atoms with Crippen LogP contribution >= 0.6 is 0 Å². The van der Waals surface area contributed by atoms with E-state index in [9.17, 15) is 9.90 Å². The van der Waals surface area contributed by atoms with Crippen LogP contribution in [0.3, 0.4) is 0 Å². The number of hydrogen-bond donors (Lipinski definition) is 1. The van der Waals surface area contributed by atoms with Gasteiger partial charge in [0.15, 0.2) is 5.72 Å². The Balaban J connectivity index is 1.92. The largest absolute Gasteiger partial charge is 0.363 e. The maximum Gasteiger partial charge on any atom is 0.257 e. The van der Waals surface area contributed by atoms with E-state index < -0.39 is 5.72 Å². The average molecular weight is 329 g/mol. The highest BCUT2D eigenvalue weighted by molar-refractivity contribution is 6.00. The highest BCUT2D eigenvalue weighted by Gasteiger charge is 2.51. The number of amides is 1. The van der Waals surface area contributed by atoms with Crippen molar-refractivity contribution in [2.75, 3.05) is 0 Å². The zero-order valence-corrected chi connectivity index (χ0v) is 14.0. The summed E-state index contributed by atoms with van der Waals surface area (Å²) in [4.78, 5) is 14.8. The minimum atomic E-state index is -1.48. The summed E-state index contributed by atoms with van der Waals surface area (Å²) in [5, 5.41) is 11.8. The van der Waals surface area contributed by atoms with E-state index in [0.717, 1.165) is 5.56 Å². The fourth-order valence-corrected chi connectivity index (χ4v) is 3.68. The van der Waals surface area contributed by atoms with E-state index in [1.165, 1.54) is 0 Å². The van der Waals surface area contributed by atoms with Gasteiger partial charge in [0.05, 0.1) is 6.04 Å². The number of carbonyl (C=O) groups excluding carboxylic acids is 1. The molecule has 124 valence electrons. The normalized spacial score (nSPS) is 20.4. The van der Waals surface area contributed by atoms with Crippen molar-refractivity contribution in [1.29, 1.82) is 0 Å². The lowest BCUT2D eigenvalue weighted by Crippen LogP contribution is -2.46. The predicted octanol–water partition coefficient (Wildman–Crippen LogP) is 4.10. The molecule has 3 heteroatoms. The first-order valence-electron chi connectivity index (χ1n) is 8.40. The Labute approximate surface area is 147 Å². The summed E-state index contributed by atoms with van der Waals surface area (Å²) in [6.45, 7) is 1.95. The van der Waals surface area contributed by atoms with Crippen molar-refractivity contribution >= 4 is 5.91 Å². The molecule has 1 heterocycles. The molecule has 2 atom stereocenters. The molecule has 0 saturated heterocycles. The van der Waals surface area contributed by atoms with Gasteiger partial charge in [0.25, 0.3) is 5.91 Å². The lowest BCUT2D eigenvalue weighted by Gasteiger charge is -2.39. The van der Waals surface area contributed by atoms with Gasteiger partial charge >= 0.3 is 0 Å². The molecule has 0 spiro atoms. The van der Waals surface area contributed by atoms with Gasteiger partial charge in [-0.3, -0.25) is 9.69 Å². The smallest absolute Gasteiger partial charge is 0.257 e. The van der Waals surface area contributed by atoms with Gasteiger partial charge < -0.3 is 5.11 Å². The summed E-state index contributed by atoms with van der Waals surface area (Å²) in [7, 11) is 0. The van der Waals surface area contributed by atoms with Crippen LogP contribution in [0.1, 0.15) is 40.0 Å². The number of fused-ring (bicyclic) bond motifs is 1. The molecule has 1 aliphatic heterocycles. The quantitative estimate of drug-likeness (QED) is 0.786. The van der Waals surface area contributed by atoms with Gasteiger partial charge in [0.2, 0.25) is 0 Å². The lowest BCUT2D eigenvalue weighted by atomic mass is 9.92. The van der Waals surface area contributed by atoms with Crippen LogP contribution in [0, 0.1) is 0 Å². The number of benzene rings is 3. The van der Waals surface area contributed by atoms with Gasteiger partial charge in [-0.05, 0) is 18.6 Å². The molecule has 3 nitrogen and oxygen atoms in total. The summed E-state index contributed by atoms with van der Waals surface area (Å²) in [5.74, 6) is -0.154. The predicted molar refractivity (Wildman–Crippen MR) is 96.9 cm³/mol. The van der Waals surface area contributed by atoms with Gasteiger partial charge in [-0.25, -0.2) is 0 Å². The van der Waals surface area contributed by atoms with Gasteiger partial charge in [-0.1, -0.05) is 78.9 Å². The Morgan fingerprint density at radius 2 is 1.40 bits per heavy atom. The van der Waals surface area contributed by atoms with Crippen LogP contribution < -0.4 is 0 Å². The second kappa shape index (κ2) is 5.87. The number of carbonyl (C=O) groups is 1. The van der Waals surface area contributed by atoms with Gasteiger partial charge in [-0.15, -0.1) is 0 Å². The van der Waals surface area contributed by atoms with Crippen molar-refractivity contribution in [3.05, 3.63) is 107 Å². The van der Waals surface area contributed by atoms with Crippen molar-refractivity contribution in [2.24, 2.45) is 0 Å². The van der Waals surface area contributed by atoms with E-state index in [1.807, 2.05) is 85.8 Å². The van der Waals surface area contributed by atoms with Crippen molar-refractivity contribution in [2.45, 2.75) is 18.7 Å². The third-order valence-corrected chi connectivity index (χ3v) is 4.95. The van der Waals surface area contributed by atoms with Gasteiger partial charge in [-0.2, -0.15) is 0 Å². The van der Waals surface area contributed by atoms with E-state index >= 15 is 0 Å². The molecule has 25 heavy (non-hydrogen) atoms. The standard InChI is InChI=1S/C22H19NO2/c1-16(17-10-4-2-5-11-17)23-21(24)19-14-8-9-15-20(19)22(23,25)18-12-6-3-7-13-18/h2-16,25H,1H3/t16-,22-/m0/s1. The van der Waals surface area contributed by atoms with E-state index in [1.54, 1.807) is 11.0 Å². The molecule has 0 aliphatic carbocycles. The van der Waals surface area contributed by atoms with E-state index in [4.69, 9.17) is 0 Å². The molecule has 4 rings (SSSR count). The summed E-state index contributed by atoms with van der Waals surface area (Å²) in [5.41, 5.74) is 1.38. The van der Waals surface area contributed by atoms with E-state index in [2.05, 4.69) is 0 Å². The molecule has 1 aliphatic rings. The minimum absolute atomic E-state index is 0.154. The highest BCUT2D eigenvalue weighted by atomic mass is 16.3. The Bertz CT molecular complexity index is 908. The van der Waals surface area contributed by atoms with Gasteiger partial charge in [0, 0.05) is 16.7 Å². The fourth-order valence-electron chi connectivity index (χ4n) is 3.68. The van der Waals surface area contributed by atoms with Crippen LogP contribution in [0.25, 0.3) is 0 Å². The molecule has 3 aromatic carbocycles. The molecular weight excluding hydrogens is 310 g/mol. The summed E-state index contributed by atoms with van der Waals surface area (Å²) in [6, 6.07) is 26.2. The average Bonchev–Trinajstić information content (AvgIpc) is 2.91. The SMILES string of the molecule is C[C@@H](c1ccccc1)N1C(=O)c2ccccc2[C@@]1(O)c1ccccc1. The summed E-state index contributed by atoms with van der Waals surface area (Å²) < 4.78 is 0. The van der Waals surface area contributed by atoms with Crippen LogP contribution in [0.2, 0.25) is 0 Å². The minimum Gasteiger partial charge on any atom is -0.363 e. The third kappa shape index (κ3) is 2.28. The number of hydrogen-bond acceptors (Lipinski definition) is 2. The van der Waals surface area contributed by atoms with Crippen molar-refractivity contribution < 1.29 is 9.90 Å². The molecule has 0 saturated carbocycles. The number of nitrogens with zero attached hydrogens (tertiary/aromatic N) is 1. The van der Waals surface area contributed by atoms with Crippen molar-refractivity contribution in [1.82, 2.24) is 4.90 Å². The second-order valence-electron chi connectivity index (χ2n) is 6.35. The molecule has 0 aromatic heterocycles. The molecule has 0 bridgehead atoms. The lowest BCUT2D eigenvalue weighted by molar-refractivity contribution is -0.0677. The van der Waals surface area contributed by atoms with Crippen LogP contribution in [0.15, 0.2) is 84.9 Å². The molecule has 0 fully saturated rings. The molecule has 0 unspecified atom stereocenters. The number of rotatable bonds is 3. The van der Waals surface area contributed by atoms with Gasteiger partial charge in [0.1, 0.15) is 0 Å². The van der Waals surface area contributed by atoms with Crippen molar-refractivity contribution in [3.63, 3.8) is 0 Å². The summed E-state index contributed by atoms with van der Waals surface area (Å²) >= 11 is 0. The topological polar surface area (TPSA) is 40.5 Å². The Kier molecular flexibility index (Phi) is 3.66. The first-order valence-corrected chi connectivity index (χ1v) is 8.40. The first-order chi connectivity index (χ1) is 12.1. The van der Waals surface area contributed by atoms with E-state index in [-0.39, 0.29) is 11.9 Å². The summed E-state index contributed by atoms with van der Waals surface area (Å²) in [6.07, 6.45) is 0. The Morgan fingerprint density at radius 1 is 0.840 bits per heavy atom. The number of aliphatic hydroxyl groups is 1. The fraction of sp³-hybridized carbons (Fsp3) is 0.136. The zero-order chi connectivity index (χ0) is 17.4. The van der Waals surface area contributed by atoms with Crippen LogP contribution in [0.5, 0.6) is 0 Å². The van der Waals surface area contributed by atoms with Crippen LogP contribution in [-0.2, 0) is 5.72 Å². The van der Waals surface area contributed by atoms with E-state index in [0.29, 0.717) is 16.7 Å². The maximum absolute atomic E-state index is 13.2. The molecular formula is C22H19NO2. The zero-order valence-electron chi connectivity index (χ0n) is 14.0. The Hall–Kier alpha value is -2.91. The Morgan fingerprint density at radius 3 is 2.08 bits per heavy atom. The maximum atomic E-state index is 13.2. The highest BCUT2D eigenvalue weighted by Crippen LogP contribution is 2.46. The van der Waals surface area contributed by atoms with Crippen LogP contribution in [-0.4, -0.2) is 15.9 Å². The first kappa shape index (κ1) is 15.6. The second-order valence-corrected chi connectivity index (χ2v) is 6.35. The van der Waals surface area contributed by atoms with Crippen LogP contribution in [0.4, 0.5) is 0 Å². The van der Waals surface area contributed by atoms with Crippen molar-refractivity contribution in [3.8, 4) is 0 Å². The third-order valence-electron chi connectivity index (χ3n) is 4.95. The molecule has 1 amide bonds.